The summed E-state index contributed by atoms with van der Waals surface area (Å²) < 4.78 is 38.3. The Balaban J connectivity index is 1.38. The third-order valence-electron chi connectivity index (χ3n) is 6.22. The summed E-state index contributed by atoms with van der Waals surface area (Å²) in [4.78, 5) is 12.4. The van der Waals surface area contributed by atoms with Crippen molar-refractivity contribution in [3.05, 3.63) is 29.8 Å². The Kier molecular flexibility index (Phi) is 3.99. The van der Waals surface area contributed by atoms with E-state index in [4.69, 9.17) is 0 Å². The molecule has 2 atom stereocenters. The highest BCUT2D eigenvalue weighted by Gasteiger charge is 2.57. The number of aliphatic hydroxyl groups is 1. The van der Waals surface area contributed by atoms with Crippen LogP contribution in [0.5, 0.6) is 0 Å². The summed E-state index contributed by atoms with van der Waals surface area (Å²) in [5, 5.41) is 10.7. The van der Waals surface area contributed by atoms with Crippen LogP contribution in [0.15, 0.2) is 24.3 Å². The second-order valence-electron chi connectivity index (χ2n) is 8.61. The molecule has 1 aromatic rings. The van der Waals surface area contributed by atoms with Crippen molar-refractivity contribution in [1.29, 1.82) is 0 Å². The van der Waals surface area contributed by atoms with Gasteiger partial charge >= 0.3 is 6.18 Å². The van der Waals surface area contributed by atoms with Gasteiger partial charge in [-0.1, -0.05) is 6.07 Å². The molecule has 0 heterocycles. The average molecular weight is 368 g/mol. The molecule has 4 fully saturated rings. The first-order chi connectivity index (χ1) is 12.1. The molecule has 0 spiro atoms. The molecule has 0 unspecified atom stereocenters. The van der Waals surface area contributed by atoms with E-state index >= 15 is 0 Å². The van der Waals surface area contributed by atoms with Gasteiger partial charge in [-0.05, 0) is 74.0 Å². The van der Waals surface area contributed by atoms with Crippen molar-refractivity contribution in [2.24, 2.45) is 17.3 Å². The first-order valence-electron chi connectivity index (χ1n) is 9.09. The maximum absolute atomic E-state index is 12.8. The number of rotatable bonds is 4. The van der Waals surface area contributed by atoms with Crippen LogP contribution in [-0.2, 0) is 11.0 Å². The molecule has 4 aliphatic carbocycles. The summed E-state index contributed by atoms with van der Waals surface area (Å²) in [6.45, 7) is 0. The second-order valence-corrected chi connectivity index (χ2v) is 8.61. The van der Waals surface area contributed by atoms with Crippen LogP contribution in [-0.4, -0.2) is 16.6 Å². The topological polar surface area (TPSA) is 61.4 Å². The van der Waals surface area contributed by atoms with E-state index in [1.165, 1.54) is 12.1 Å². The fourth-order valence-corrected chi connectivity index (χ4v) is 5.91. The Morgan fingerprint density at radius 3 is 2.50 bits per heavy atom. The minimum Gasteiger partial charge on any atom is -0.390 e. The van der Waals surface area contributed by atoms with Crippen LogP contribution >= 0.6 is 0 Å². The van der Waals surface area contributed by atoms with Crippen molar-refractivity contribution in [3.63, 3.8) is 0 Å². The van der Waals surface area contributed by atoms with Gasteiger partial charge in [0, 0.05) is 6.42 Å². The summed E-state index contributed by atoms with van der Waals surface area (Å²) in [6.07, 6.45) is 1.29. The number of hydrogen-bond acceptors (Lipinski definition) is 3. The van der Waals surface area contributed by atoms with Gasteiger partial charge in [-0.3, -0.25) is 15.6 Å². The number of halogens is 3. The molecule has 7 heteroatoms. The van der Waals surface area contributed by atoms with Crippen molar-refractivity contribution < 1.29 is 23.1 Å². The SMILES string of the molecule is O=C(CC12C[C@H]3C[C@@H](CC(O)(C3)C1)C2)NNc1cccc(C(F)(F)F)c1. The molecular formula is C19H23F3N2O2. The van der Waals surface area contributed by atoms with Gasteiger partial charge in [-0.2, -0.15) is 13.2 Å². The highest BCUT2D eigenvalue weighted by molar-refractivity contribution is 5.78. The van der Waals surface area contributed by atoms with Crippen molar-refractivity contribution in [2.45, 2.75) is 56.7 Å². The predicted molar refractivity (Wildman–Crippen MR) is 89.9 cm³/mol. The molecule has 0 aliphatic heterocycles. The number of nitrogens with one attached hydrogen (secondary N) is 2. The lowest BCUT2D eigenvalue weighted by Gasteiger charge is -2.60. The summed E-state index contributed by atoms with van der Waals surface area (Å²) in [6, 6.07) is 4.73. The third kappa shape index (κ3) is 3.41. The van der Waals surface area contributed by atoms with E-state index < -0.39 is 17.3 Å². The molecule has 4 saturated carbocycles. The van der Waals surface area contributed by atoms with E-state index in [0.29, 0.717) is 24.7 Å². The van der Waals surface area contributed by atoms with Gasteiger partial charge in [0.25, 0.3) is 0 Å². The molecule has 4 aliphatic rings. The molecule has 142 valence electrons. The normalized spacial score (nSPS) is 35.4. The number of anilines is 1. The molecule has 4 bridgehead atoms. The Labute approximate surface area is 150 Å². The van der Waals surface area contributed by atoms with Crippen LogP contribution in [0, 0.1) is 17.3 Å². The summed E-state index contributed by atoms with van der Waals surface area (Å²) >= 11 is 0. The Morgan fingerprint density at radius 1 is 1.19 bits per heavy atom. The highest BCUT2D eigenvalue weighted by Crippen LogP contribution is 2.62. The quantitative estimate of drug-likeness (QED) is 0.707. The molecule has 0 aromatic heterocycles. The van der Waals surface area contributed by atoms with Crippen LogP contribution in [0.2, 0.25) is 0 Å². The van der Waals surface area contributed by atoms with E-state index in [9.17, 15) is 23.1 Å². The lowest BCUT2D eigenvalue weighted by Crippen LogP contribution is -2.56. The van der Waals surface area contributed by atoms with E-state index in [1.807, 2.05) is 0 Å². The fourth-order valence-electron chi connectivity index (χ4n) is 5.91. The molecule has 3 N–H and O–H groups in total. The first-order valence-corrected chi connectivity index (χ1v) is 9.09. The number of carbonyl (C=O) groups excluding carboxylic acids is 1. The Morgan fingerprint density at radius 2 is 1.88 bits per heavy atom. The number of alkyl halides is 3. The number of hydrogen-bond donors (Lipinski definition) is 3. The lowest BCUT2D eigenvalue weighted by molar-refractivity contribution is -0.169. The number of hydrazine groups is 1. The maximum atomic E-state index is 12.8. The van der Waals surface area contributed by atoms with E-state index in [2.05, 4.69) is 10.9 Å². The monoisotopic (exact) mass is 368 g/mol. The van der Waals surface area contributed by atoms with Crippen LogP contribution in [0.1, 0.15) is 50.5 Å². The number of benzene rings is 1. The second kappa shape index (κ2) is 5.87. The van der Waals surface area contributed by atoms with Crippen molar-refractivity contribution in [2.75, 3.05) is 5.43 Å². The summed E-state index contributed by atoms with van der Waals surface area (Å²) in [7, 11) is 0. The zero-order valence-electron chi connectivity index (χ0n) is 14.4. The van der Waals surface area contributed by atoms with Gasteiger partial charge in [-0.25, -0.2) is 0 Å². The first kappa shape index (κ1) is 17.6. The van der Waals surface area contributed by atoms with Crippen molar-refractivity contribution in [1.82, 2.24) is 5.43 Å². The van der Waals surface area contributed by atoms with Crippen LogP contribution < -0.4 is 10.9 Å². The smallest absolute Gasteiger partial charge is 0.390 e. The van der Waals surface area contributed by atoms with E-state index in [1.54, 1.807) is 0 Å². The lowest BCUT2D eigenvalue weighted by atomic mass is 9.47. The Bertz CT molecular complexity index is 705. The van der Waals surface area contributed by atoms with Gasteiger partial charge < -0.3 is 5.11 Å². The van der Waals surface area contributed by atoms with E-state index in [0.717, 1.165) is 44.2 Å². The molecule has 1 aromatic carbocycles. The predicted octanol–water partition coefficient (Wildman–Crippen LogP) is 3.87. The van der Waals surface area contributed by atoms with Gasteiger partial charge in [0.2, 0.25) is 5.91 Å². The minimum absolute atomic E-state index is 0.168. The minimum atomic E-state index is -4.42. The number of amides is 1. The number of carbonyl (C=O) groups is 1. The Hall–Kier alpha value is -1.76. The van der Waals surface area contributed by atoms with Crippen molar-refractivity contribution in [3.8, 4) is 0 Å². The van der Waals surface area contributed by atoms with Gasteiger partial charge in [0.05, 0.1) is 16.9 Å². The van der Waals surface area contributed by atoms with Crippen molar-refractivity contribution >= 4 is 11.6 Å². The fraction of sp³-hybridized carbons (Fsp3) is 0.632. The zero-order chi connectivity index (χ0) is 18.6. The largest absolute Gasteiger partial charge is 0.416 e. The molecule has 26 heavy (non-hydrogen) atoms. The molecule has 5 rings (SSSR count). The maximum Gasteiger partial charge on any atom is 0.416 e. The molecule has 1 amide bonds. The average Bonchev–Trinajstić information content (AvgIpc) is 2.49. The van der Waals surface area contributed by atoms with Gasteiger partial charge in [0.1, 0.15) is 0 Å². The van der Waals surface area contributed by atoms with Crippen LogP contribution in [0.25, 0.3) is 0 Å². The molecule has 4 nitrogen and oxygen atoms in total. The zero-order valence-corrected chi connectivity index (χ0v) is 14.4. The van der Waals surface area contributed by atoms with Crippen LogP contribution in [0.4, 0.5) is 18.9 Å². The van der Waals surface area contributed by atoms with Gasteiger partial charge in [-0.15, -0.1) is 0 Å². The highest BCUT2D eigenvalue weighted by atomic mass is 19.4. The molecular weight excluding hydrogens is 345 g/mol. The molecule has 0 radical (unpaired) electrons. The summed E-state index contributed by atoms with van der Waals surface area (Å²) in [5.74, 6) is 0.740. The third-order valence-corrected chi connectivity index (χ3v) is 6.22. The van der Waals surface area contributed by atoms with E-state index in [-0.39, 0.29) is 17.0 Å². The van der Waals surface area contributed by atoms with Crippen LogP contribution in [0.3, 0.4) is 0 Å². The summed E-state index contributed by atoms with van der Waals surface area (Å²) in [5.41, 5.74) is 3.75. The van der Waals surface area contributed by atoms with Gasteiger partial charge in [0.15, 0.2) is 0 Å². The molecule has 0 saturated heterocycles. The standard InChI is InChI=1S/C19H23F3N2O2/c20-19(21,22)14-2-1-3-15(5-14)23-24-16(25)10-17-6-12-4-13(7-17)9-18(26,8-12)11-17/h1-3,5,12-13,23,26H,4,6-11H2,(H,24,25)/t12-,13-,17?,18?/m1/s1.